The van der Waals surface area contributed by atoms with E-state index in [0.29, 0.717) is 6.42 Å². The summed E-state index contributed by atoms with van der Waals surface area (Å²) in [5.74, 6) is -0.890. The molecule has 0 saturated carbocycles. The summed E-state index contributed by atoms with van der Waals surface area (Å²) in [5.41, 5.74) is -0.914. The van der Waals surface area contributed by atoms with Gasteiger partial charge in [0.2, 0.25) is 0 Å². The zero-order valence-electron chi connectivity index (χ0n) is 8.91. The Hall–Kier alpha value is -0.580. The molecule has 14 heavy (non-hydrogen) atoms. The number of carboxylic acids is 1. The van der Waals surface area contributed by atoms with E-state index >= 15 is 0 Å². The predicted molar refractivity (Wildman–Crippen MR) is 55.0 cm³/mol. The number of hydrogen-bond donors (Lipinski definition) is 1. The number of carboxylic acid groups (broad SMARTS) is 1. The number of rotatable bonds is 6. The van der Waals surface area contributed by atoms with Gasteiger partial charge in [-0.1, -0.05) is 13.8 Å². The third-order valence-electron chi connectivity index (χ3n) is 2.70. The summed E-state index contributed by atoms with van der Waals surface area (Å²) in [4.78, 5) is 10.9. The minimum absolute atomic E-state index is 0.0415. The highest BCUT2D eigenvalue weighted by molar-refractivity contribution is 7.91. The van der Waals surface area contributed by atoms with Crippen LogP contribution >= 0.6 is 0 Å². The Bertz CT molecular complexity index is 294. The molecule has 0 fully saturated rings. The van der Waals surface area contributed by atoms with Crippen LogP contribution in [0.1, 0.15) is 33.6 Å². The number of carbonyl (C=O) groups is 1. The molecule has 0 heterocycles. The van der Waals surface area contributed by atoms with Gasteiger partial charge in [-0.2, -0.15) is 0 Å². The van der Waals surface area contributed by atoms with E-state index in [1.165, 1.54) is 0 Å². The van der Waals surface area contributed by atoms with Gasteiger partial charge in [0.05, 0.1) is 11.2 Å². The number of aliphatic carboxylic acids is 1. The summed E-state index contributed by atoms with van der Waals surface area (Å²) in [6, 6.07) is 0. The highest BCUT2D eigenvalue weighted by Gasteiger charge is 2.32. The van der Waals surface area contributed by atoms with E-state index in [1.54, 1.807) is 20.8 Å². The first-order valence-corrected chi connectivity index (χ1v) is 6.53. The number of hydrogen-bond acceptors (Lipinski definition) is 3. The Morgan fingerprint density at radius 2 is 1.86 bits per heavy atom. The Kier molecular flexibility index (Phi) is 4.58. The van der Waals surface area contributed by atoms with Crippen molar-refractivity contribution in [3.05, 3.63) is 0 Å². The summed E-state index contributed by atoms with van der Waals surface area (Å²) in [5, 5.41) is 8.91. The Balaban J connectivity index is 4.44. The molecule has 1 unspecified atom stereocenters. The van der Waals surface area contributed by atoms with E-state index in [-0.39, 0.29) is 17.9 Å². The number of sulfone groups is 1. The normalized spacial score (nSPS) is 16.2. The SMILES string of the molecule is CCC(C)(CCS(=O)(=O)CC)C(=O)O. The van der Waals surface area contributed by atoms with Gasteiger partial charge < -0.3 is 5.11 Å². The largest absolute Gasteiger partial charge is 0.481 e. The monoisotopic (exact) mass is 222 g/mol. The molecule has 0 aliphatic carbocycles. The van der Waals surface area contributed by atoms with Crippen molar-refractivity contribution in [3.63, 3.8) is 0 Å². The van der Waals surface area contributed by atoms with Crippen LogP contribution in [0.2, 0.25) is 0 Å². The van der Waals surface area contributed by atoms with E-state index in [1.807, 2.05) is 0 Å². The minimum atomic E-state index is -3.06. The summed E-state index contributed by atoms with van der Waals surface area (Å²) in [6.45, 7) is 4.91. The van der Waals surface area contributed by atoms with E-state index in [0.717, 1.165) is 0 Å². The van der Waals surface area contributed by atoms with Gasteiger partial charge in [-0.25, -0.2) is 8.42 Å². The third kappa shape index (κ3) is 3.65. The van der Waals surface area contributed by atoms with Crippen molar-refractivity contribution in [2.75, 3.05) is 11.5 Å². The molecule has 0 aromatic rings. The van der Waals surface area contributed by atoms with Gasteiger partial charge in [-0.3, -0.25) is 4.79 Å². The molecule has 0 bridgehead atoms. The van der Waals surface area contributed by atoms with Crippen molar-refractivity contribution < 1.29 is 18.3 Å². The second-order valence-electron chi connectivity index (χ2n) is 3.71. The summed E-state index contributed by atoms with van der Waals surface area (Å²) >= 11 is 0. The van der Waals surface area contributed by atoms with Crippen LogP contribution in [-0.2, 0) is 14.6 Å². The molecule has 0 rings (SSSR count). The molecule has 0 aromatic heterocycles. The lowest BCUT2D eigenvalue weighted by Crippen LogP contribution is -2.29. The van der Waals surface area contributed by atoms with Crippen molar-refractivity contribution in [1.82, 2.24) is 0 Å². The van der Waals surface area contributed by atoms with Gasteiger partial charge in [0.25, 0.3) is 0 Å². The lowest BCUT2D eigenvalue weighted by molar-refractivity contribution is -0.148. The smallest absolute Gasteiger partial charge is 0.309 e. The van der Waals surface area contributed by atoms with E-state index in [4.69, 9.17) is 5.11 Å². The first-order valence-electron chi connectivity index (χ1n) is 4.71. The van der Waals surface area contributed by atoms with Gasteiger partial charge in [0.1, 0.15) is 9.84 Å². The lowest BCUT2D eigenvalue weighted by atomic mass is 9.85. The lowest BCUT2D eigenvalue weighted by Gasteiger charge is -2.22. The molecule has 4 nitrogen and oxygen atoms in total. The Labute approximate surface area is 85.2 Å². The zero-order chi connectivity index (χ0) is 11.4. The fourth-order valence-corrected chi connectivity index (χ4v) is 2.01. The third-order valence-corrected chi connectivity index (χ3v) is 4.41. The highest BCUT2D eigenvalue weighted by atomic mass is 32.2. The van der Waals surface area contributed by atoms with Crippen LogP contribution in [0.4, 0.5) is 0 Å². The molecule has 1 N–H and O–H groups in total. The summed E-state index contributed by atoms with van der Waals surface area (Å²) in [6.07, 6.45) is 0.635. The minimum Gasteiger partial charge on any atom is -0.481 e. The molecule has 5 heteroatoms. The molecule has 1 atom stereocenters. The van der Waals surface area contributed by atoms with E-state index in [9.17, 15) is 13.2 Å². The van der Waals surface area contributed by atoms with Crippen LogP contribution in [0, 0.1) is 5.41 Å². The molecule has 0 aliphatic heterocycles. The van der Waals surface area contributed by atoms with Gasteiger partial charge in [-0.15, -0.1) is 0 Å². The molecule has 0 amide bonds. The second-order valence-corrected chi connectivity index (χ2v) is 6.18. The molecular formula is C9H18O4S. The quantitative estimate of drug-likeness (QED) is 0.735. The van der Waals surface area contributed by atoms with Crippen molar-refractivity contribution in [2.24, 2.45) is 5.41 Å². The van der Waals surface area contributed by atoms with Crippen molar-refractivity contribution in [1.29, 1.82) is 0 Å². The predicted octanol–water partition coefficient (Wildman–Crippen LogP) is 1.31. The van der Waals surface area contributed by atoms with Crippen molar-refractivity contribution in [3.8, 4) is 0 Å². The Morgan fingerprint density at radius 1 is 1.36 bits per heavy atom. The van der Waals surface area contributed by atoms with Crippen LogP contribution < -0.4 is 0 Å². The van der Waals surface area contributed by atoms with Gasteiger partial charge in [0, 0.05) is 5.75 Å². The zero-order valence-corrected chi connectivity index (χ0v) is 9.73. The molecular weight excluding hydrogens is 204 g/mol. The molecule has 84 valence electrons. The maximum Gasteiger partial charge on any atom is 0.309 e. The summed E-state index contributed by atoms with van der Waals surface area (Å²) < 4.78 is 22.4. The maximum atomic E-state index is 11.2. The average Bonchev–Trinajstić information content (AvgIpc) is 2.14. The molecule has 0 saturated heterocycles. The van der Waals surface area contributed by atoms with E-state index < -0.39 is 21.2 Å². The molecule has 0 spiro atoms. The second kappa shape index (κ2) is 4.77. The fourth-order valence-electron chi connectivity index (χ4n) is 0.960. The van der Waals surface area contributed by atoms with Gasteiger partial charge in [0.15, 0.2) is 0 Å². The topological polar surface area (TPSA) is 71.4 Å². The van der Waals surface area contributed by atoms with Crippen LogP contribution in [0.15, 0.2) is 0 Å². The van der Waals surface area contributed by atoms with Crippen LogP contribution in [-0.4, -0.2) is 31.0 Å². The molecule has 0 aromatic carbocycles. The van der Waals surface area contributed by atoms with Gasteiger partial charge in [-0.05, 0) is 19.8 Å². The molecule has 0 radical (unpaired) electrons. The Morgan fingerprint density at radius 3 is 2.14 bits per heavy atom. The van der Waals surface area contributed by atoms with Crippen LogP contribution in [0.25, 0.3) is 0 Å². The molecule has 0 aliphatic rings. The maximum absolute atomic E-state index is 11.2. The summed E-state index contributed by atoms with van der Waals surface area (Å²) in [7, 11) is -3.06. The standard InChI is InChI=1S/C9H18O4S/c1-4-9(3,8(10)11)6-7-14(12,13)5-2/h4-7H2,1-3H3,(H,10,11). The first-order chi connectivity index (χ1) is 6.27. The van der Waals surface area contributed by atoms with Crippen LogP contribution in [0.5, 0.6) is 0 Å². The fraction of sp³-hybridized carbons (Fsp3) is 0.889. The van der Waals surface area contributed by atoms with E-state index in [2.05, 4.69) is 0 Å². The first kappa shape index (κ1) is 13.4. The van der Waals surface area contributed by atoms with Crippen molar-refractivity contribution >= 4 is 15.8 Å². The van der Waals surface area contributed by atoms with Crippen molar-refractivity contribution in [2.45, 2.75) is 33.6 Å². The van der Waals surface area contributed by atoms with Crippen LogP contribution in [0.3, 0.4) is 0 Å². The average molecular weight is 222 g/mol. The van der Waals surface area contributed by atoms with Gasteiger partial charge >= 0.3 is 5.97 Å². The highest BCUT2D eigenvalue weighted by Crippen LogP contribution is 2.26.